The van der Waals surface area contributed by atoms with Gasteiger partial charge in [-0.15, -0.1) is 11.3 Å². The first-order valence-corrected chi connectivity index (χ1v) is 7.48. The van der Waals surface area contributed by atoms with Crippen molar-refractivity contribution in [2.75, 3.05) is 6.61 Å². The third kappa shape index (κ3) is 4.16. The molecule has 2 atom stereocenters. The molecule has 1 aromatic heterocycles. The van der Waals surface area contributed by atoms with E-state index in [1.54, 1.807) is 0 Å². The lowest BCUT2D eigenvalue weighted by Crippen LogP contribution is -2.36. The molecule has 1 aromatic carbocycles. The Labute approximate surface area is 119 Å². The Bertz CT molecular complexity index is 494. The molecule has 3 heteroatoms. The first kappa shape index (κ1) is 14.3. The normalized spacial score (nSPS) is 14.3. The molecular weight excluding hydrogens is 254 g/mol. The van der Waals surface area contributed by atoms with Crippen LogP contribution in [0.1, 0.15) is 28.3 Å². The number of thiophene rings is 1. The second-order valence-corrected chi connectivity index (χ2v) is 6.23. The number of nitrogens with one attached hydrogen (secondary N) is 1. The highest BCUT2D eigenvalue weighted by Gasteiger charge is 2.14. The van der Waals surface area contributed by atoms with E-state index in [0.29, 0.717) is 0 Å². The maximum absolute atomic E-state index is 9.53. The molecule has 0 spiro atoms. The van der Waals surface area contributed by atoms with Crippen molar-refractivity contribution in [3.8, 4) is 0 Å². The first-order valence-electron chi connectivity index (χ1n) is 6.66. The van der Waals surface area contributed by atoms with E-state index in [4.69, 9.17) is 0 Å². The van der Waals surface area contributed by atoms with Crippen LogP contribution >= 0.6 is 11.3 Å². The van der Waals surface area contributed by atoms with Gasteiger partial charge in [-0.05, 0) is 38.0 Å². The maximum Gasteiger partial charge on any atom is 0.0588 e. The molecule has 0 aliphatic carbocycles. The van der Waals surface area contributed by atoms with Gasteiger partial charge in [0.1, 0.15) is 0 Å². The van der Waals surface area contributed by atoms with Gasteiger partial charge < -0.3 is 10.4 Å². The second-order valence-electron chi connectivity index (χ2n) is 4.91. The van der Waals surface area contributed by atoms with Crippen molar-refractivity contribution in [1.29, 1.82) is 0 Å². The van der Waals surface area contributed by atoms with Gasteiger partial charge in [0.05, 0.1) is 6.61 Å². The second kappa shape index (κ2) is 6.85. The number of rotatable bonds is 6. The Balaban J connectivity index is 1.95. The number of hydrogen-bond acceptors (Lipinski definition) is 3. The molecule has 0 saturated heterocycles. The summed E-state index contributed by atoms with van der Waals surface area (Å²) in [6.45, 7) is 4.43. The summed E-state index contributed by atoms with van der Waals surface area (Å²) in [5.41, 5.74) is 1.25. The van der Waals surface area contributed by atoms with Gasteiger partial charge in [0.15, 0.2) is 0 Å². The van der Waals surface area contributed by atoms with Crippen molar-refractivity contribution in [2.24, 2.45) is 0 Å². The van der Waals surface area contributed by atoms with E-state index in [-0.39, 0.29) is 18.7 Å². The van der Waals surface area contributed by atoms with Gasteiger partial charge in [-0.3, -0.25) is 0 Å². The predicted octanol–water partition coefficient (Wildman–Crippen LogP) is 3.31. The minimum Gasteiger partial charge on any atom is -0.395 e. The molecular formula is C16H21NOS. The summed E-state index contributed by atoms with van der Waals surface area (Å²) in [5.74, 6) is 0. The molecule has 0 bridgehead atoms. The third-order valence-electron chi connectivity index (χ3n) is 3.22. The molecule has 1 heterocycles. The van der Waals surface area contributed by atoms with Gasteiger partial charge >= 0.3 is 0 Å². The van der Waals surface area contributed by atoms with Crippen LogP contribution in [0.5, 0.6) is 0 Å². The van der Waals surface area contributed by atoms with E-state index >= 15 is 0 Å². The van der Waals surface area contributed by atoms with Crippen molar-refractivity contribution in [3.05, 3.63) is 57.8 Å². The zero-order chi connectivity index (χ0) is 13.7. The smallest absolute Gasteiger partial charge is 0.0588 e. The van der Waals surface area contributed by atoms with Gasteiger partial charge in [-0.25, -0.2) is 0 Å². The summed E-state index contributed by atoms with van der Waals surface area (Å²) in [4.78, 5) is 2.65. The molecule has 2 N–H and O–H groups in total. The molecule has 19 heavy (non-hydrogen) atoms. The fourth-order valence-corrected chi connectivity index (χ4v) is 3.09. The van der Waals surface area contributed by atoms with E-state index in [2.05, 4.69) is 43.4 Å². The average Bonchev–Trinajstić information content (AvgIpc) is 2.86. The summed E-state index contributed by atoms with van der Waals surface area (Å²) in [6.07, 6.45) is 0.853. The van der Waals surface area contributed by atoms with E-state index in [9.17, 15) is 5.11 Å². The number of hydrogen-bond donors (Lipinski definition) is 2. The number of aliphatic hydroxyl groups is 1. The van der Waals surface area contributed by atoms with E-state index in [1.807, 2.05) is 29.5 Å². The van der Waals surface area contributed by atoms with Crippen LogP contribution in [-0.2, 0) is 6.42 Å². The summed E-state index contributed by atoms with van der Waals surface area (Å²) in [5, 5.41) is 13.0. The summed E-state index contributed by atoms with van der Waals surface area (Å²) >= 11 is 1.81. The number of aryl methyl sites for hydroxylation is 1. The van der Waals surface area contributed by atoms with Crippen molar-refractivity contribution < 1.29 is 5.11 Å². The number of benzene rings is 1. The highest BCUT2D eigenvalue weighted by Crippen LogP contribution is 2.22. The van der Waals surface area contributed by atoms with Gasteiger partial charge in [0, 0.05) is 21.8 Å². The monoisotopic (exact) mass is 275 g/mol. The molecule has 2 aromatic rings. The van der Waals surface area contributed by atoms with E-state index < -0.39 is 0 Å². The Morgan fingerprint density at radius 2 is 1.89 bits per heavy atom. The predicted molar refractivity (Wildman–Crippen MR) is 81.6 cm³/mol. The minimum absolute atomic E-state index is 0.0970. The SMILES string of the molecule is Cc1ccc(C(C)N[C@H](CO)Cc2ccccc2)s1. The molecule has 102 valence electrons. The quantitative estimate of drug-likeness (QED) is 0.847. The first-order chi connectivity index (χ1) is 9.19. The van der Waals surface area contributed by atoms with Crippen LogP contribution in [0.25, 0.3) is 0 Å². The molecule has 0 aliphatic rings. The van der Waals surface area contributed by atoms with Crippen LogP contribution in [0.3, 0.4) is 0 Å². The lowest BCUT2D eigenvalue weighted by Gasteiger charge is -2.21. The molecule has 0 fully saturated rings. The molecule has 2 nitrogen and oxygen atoms in total. The van der Waals surface area contributed by atoms with Gasteiger partial charge in [-0.2, -0.15) is 0 Å². The van der Waals surface area contributed by atoms with Gasteiger partial charge in [0.25, 0.3) is 0 Å². The number of aliphatic hydroxyl groups excluding tert-OH is 1. The summed E-state index contributed by atoms with van der Waals surface area (Å²) in [7, 11) is 0. The van der Waals surface area contributed by atoms with Crippen LogP contribution in [0.15, 0.2) is 42.5 Å². The van der Waals surface area contributed by atoms with Crippen LogP contribution in [0.4, 0.5) is 0 Å². The standard InChI is InChI=1S/C16H21NOS/c1-12-8-9-16(19-12)13(2)17-15(11-18)10-14-6-4-3-5-7-14/h3-9,13,15,17-18H,10-11H2,1-2H3/t13?,15-/m0/s1. The van der Waals surface area contributed by atoms with Gasteiger partial charge in [-0.1, -0.05) is 30.3 Å². The summed E-state index contributed by atoms with van der Waals surface area (Å²) < 4.78 is 0. The topological polar surface area (TPSA) is 32.3 Å². The largest absolute Gasteiger partial charge is 0.395 e. The molecule has 2 rings (SSSR count). The molecule has 0 saturated carbocycles. The van der Waals surface area contributed by atoms with Crippen LogP contribution in [0, 0.1) is 6.92 Å². The Kier molecular flexibility index (Phi) is 5.14. The van der Waals surface area contributed by atoms with Crippen LogP contribution < -0.4 is 5.32 Å². The lowest BCUT2D eigenvalue weighted by molar-refractivity contribution is 0.233. The highest BCUT2D eigenvalue weighted by molar-refractivity contribution is 7.12. The molecule has 0 aliphatic heterocycles. The Morgan fingerprint density at radius 1 is 1.16 bits per heavy atom. The maximum atomic E-state index is 9.53. The zero-order valence-electron chi connectivity index (χ0n) is 11.5. The Hall–Kier alpha value is -1.16. The van der Waals surface area contributed by atoms with E-state index in [0.717, 1.165) is 6.42 Å². The highest BCUT2D eigenvalue weighted by atomic mass is 32.1. The summed E-state index contributed by atoms with van der Waals surface area (Å²) in [6, 6.07) is 15.0. The molecule has 0 amide bonds. The van der Waals surface area contributed by atoms with Crippen molar-refractivity contribution >= 4 is 11.3 Å². The van der Waals surface area contributed by atoms with E-state index in [1.165, 1.54) is 15.3 Å². The third-order valence-corrected chi connectivity index (χ3v) is 4.40. The van der Waals surface area contributed by atoms with Crippen molar-refractivity contribution in [2.45, 2.75) is 32.4 Å². The average molecular weight is 275 g/mol. The molecule has 0 radical (unpaired) electrons. The lowest BCUT2D eigenvalue weighted by atomic mass is 10.1. The zero-order valence-corrected chi connectivity index (χ0v) is 12.3. The van der Waals surface area contributed by atoms with Crippen LogP contribution in [0.2, 0.25) is 0 Å². The fourth-order valence-electron chi connectivity index (χ4n) is 2.20. The fraction of sp³-hybridized carbons (Fsp3) is 0.375. The molecule has 1 unspecified atom stereocenters. The minimum atomic E-state index is 0.0970. The van der Waals surface area contributed by atoms with Gasteiger partial charge in [0.2, 0.25) is 0 Å². The van der Waals surface area contributed by atoms with Crippen molar-refractivity contribution in [3.63, 3.8) is 0 Å². The van der Waals surface area contributed by atoms with Crippen LogP contribution in [-0.4, -0.2) is 17.8 Å². The van der Waals surface area contributed by atoms with Crippen molar-refractivity contribution in [1.82, 2.24) is 5.32 Å². The Morgan fingerprint density at radius 3 is 2.47 bits per heavy atom.